The van der Waals surface area contributed by atoms with Crippen LogP contribution in [0.2, 0.25) is 10.3 Å². The number of rotatable bonds is 2. The molecular formula is C13H7Cl2N3O. The van der Waals surface area contributed by atoms with Gasteiger partial charge in [0.15, 0.2) is 0 Å². The SMILES string of the molecule is N#Cc1cccc(NC(=O)c2cc(Cl)nc(Cl)c2)c1. The Balaban J connectivity index is 2.23. The van der Waals surface area contributed by atoms with E-state index < -0.39 is 0 Å². The summed E-state index contributed by atoms with van der Waals surface area (Å²) in [5.74, 6) is -0.374. The van der Waals surface area contributed by atoms with Crippen molar-refractivity contribution in [3.63, 3.8) is 0 Å². The molecule has 0 radical (unpaired) electrons. The molecule has 0 aliphatic heterocycles. The topological polar surface area (TPSA) is 65.8 Å². The average molecular weight is 292 g/mol. The number of pyridine rings is 1. The Kier molecular flexibility index (Phi) is 4.00. The van der Waals surface area contributed by atoms with Crippen LogP contribution in [0, 0.1) is 11.3 Å². The predicted molar refractivity (Wildman–Crippen MR) is 73.4 cm³/mol. The Morgan fingerprint density at radius 3 is 2.53 bits per heavy atom. The number of hydrogen-bond donors (Lipinski definition) is 1. The van der Waals surface area contributed by atoms with Crippen LogP contribution < -0.4 is 5.32 Å². The number of nitrogens with one attached hydrogen (secondary N) is 1. The molecule has 0 aliphatic carbocycles. The summed E-state index contributed by atoms with van der Waals surface area (Å²) in [7, 11) is 0. The van der Waals surface area contributed by atoms with Gasteiger partial charge < -0.3 is 5.32 Å². The molecule has 0 saturated heterocycles. The van der Waals surface area contributed by atoms with Crippen molar-refractivity contribution in [2.24, 2.45) is 0 Å². The predicted octanol–water partition coefficient (Wildman–Crippen LogP) is 3.51. The number of nitriles is 1. The smallest absolute Gasteiger partial charge is 0.255 e. The molecule has 1 N–H and O–H groups in total. The van der Waals surface area contributed by atoms with E-state index in [9.17, 15) is 4.79 Å². The summed E-state index contributed by atoms with van der Waals surface area (Å²) < 4.78 is 0. The van der Waals surface area contributed by atoms with E-state index in [0.29, 0.717) is 16.8 Å². The standard InChI is InChI=1S/C13H7Cl2N3O/c14-11-5-9(6-12(15)18-11)13(19)17-10-3-1-2-8(4-10)7-16/h1-6H,(H,17,19). The molecule has 2 rings (SSSR count). The highest BCUT2D eigenvalue weighted by Crippen LogP contribution is 2.17. The first-order chi connectivity index (χ1) is 9.08. The quantitative estimate of drug-likeness (QED) is 0.861. The molecule has 0 spiro atoms. The summed E-state index contributed by atoms with van der Waals surface area (Å²) in [5, 5.41) is 11.7. The van der Waals surface area contributed by atoms with E-state index in [-0.39, 0.29) is 16.2 Å². The van der Waals surface area contributed by atoms with Gasteiger partial charge in [0, 0.05) is 11.3 Å². The Morgan fingerprint density at radius 2 is 1.89 bits per heavy atom. The third kappa shape index (κ3) is 3.44. The van der Waals surface area contributed by atoms with Gasteiger partial charge in [-0.1, -0.05) is 29.3 Å². The van der Waals surface area contributed by atoms with E-state index in [2.05, 4.69) is 10.3 Å². The number of carbonyl (C=O) groups excluding carboxylic acids is 1. The fourth-order valence-corrected chi connectivity index (χ4v) is 1.93. The molecule has 0 atom stereocenters. The summed E-state index contributed by atoms with van der Waals surface area (Å²) in [5.41, 5.74) is 1.28. The van der Waals surface area contributed by atoms with E-state index in [0.717, 1.165) is 0 Å². The second-order valence-corrected chi connectivity index (χ2v) is 4.42. The fourth-order valence-electron chi connectivity index (χ4n) is 1.47. The van der Waals surface area contributed by atoms with E-state index >= 15 is 0 Å². The number of aromatic nitrogens is 1. The molecule has 1 heterocycles. The monoisotopic (exact) mass is 291 g/mol. The Morgan fingerprint density at radius 1 is 1.21 bits per heavy atom. The van der Waals surface area contributed by atoms with Crippen molar-refractivity contribution < 1.29 is 4.79 Å². The van der Waals surface area contributed by atoms with Crippen molar-refractivity contribution >= 4 is 34.8 Å². The molecule has 6 heteroatoms. The maximum atomic E-state index is 12.0. The molecule has 0 unspecified atom stereocenters. The van der Waals surface area contributed by atoms with E-state index in [1.165, 1.54) is 12.1 Å². The highest BCUT2D eigenvalue weighted by atomic mass is 35.5. The number of benzene rings is 1. The van der Waals surface area contributed by atoms with Gasteiger partial charge in [-0.3, -0.25) is 4.79 Å². The summed E-state index contributed by atoms with van der Waals surface area (Å²) in [6.45, 7) is 0. The minimum absolute atomic E-state index is 0.142. The van der Waals surface area contributed by atoms with E-state index in [4.69, 9.17) is 28.5 Å². The molecular weight excluding hydrogens is 285 g/mol. The first kappa shape index (κ1) is 13.3. The first-order valence-corrected chi connectivity index (χ1v) is 5.98. The van der Waals surface area contributed by atoms with Gasteiger partial charge in [0.05, 0.1) is 11.6 Å². The Bertz CT molecular complexity index is 660. The van der Waals surface area contributed by atoms with E-state index in [1.54, 1.807) is 24.3 Å². The average Bonchev–Trinajstić information content (AvgIpc) is 2.37. The summed E-state index contributed by atoms with van der Waals surface area (Å²) >= 11 is 11.5. The van der Waals surface area contributed by atoms with E-state index in [1.807, 2.05) is 6.07 Å². The van der Waals surface area contributed by atoms with Gasteiger partial charge in [0.1, 0.15) is 10.3 Å². The number of hydrogen-bond acceptors (Lipinski definition) is 3. The highest BCUT2D eigenvalue weighted by molar-refractivity contribution is 6.33. The van der Waals surface area contributed by atoms with Crippen LogP contribution in [0.5, 0.6) is 0 Å². The van der Waals surface area contributed by atoms with Gasteiger partial charge in [-0.2, -0.15) is 5.26 Å². The van der Waals surface area contributed by atoms with Crippen LogP contribution in [0.1, 0.15) is 15.9 Å². The maximum Gasteiger partial charge on any atom is 0.255 e. The number of halogens is 2. The second-order valence-electron chi connectivity index (χ2n) is 3.65. The van der Waals surface area contributed by atoms with Gasteiger partial charge >= 0.3 is 0 Å². The minimum Gasteiger partial charge on any atom is -0.322 e. The number of amides is 1. The van der Waals surface area contributed by atoms with Crippen molar-refractivity contribution in [3.8, 4) is 6.07 Å². The third-order valence-corrected chi connectivity index (χ3v) is 2.66. The molecule has 0 saturated carbocycles. The normalized spacial score (nSPS) is 9.74. The lowest BCUT2D eigenvalue weighted by atomic mass is 10.2. The minimum atomic E-state index is -0.374. The van der Waals surface area contributed by atoms with Crippen LogP contribution in [0.15, 0.2) is 36.4 Å². The van der Waals surface area contributed by atoms with Crippen molar-refractivity contribution in [1.82, 2.24) is 4.98 Å². The number of anilines is 1. The highest BCUT2D eigenvalue weighted by Gasteiger charge is 2.09. The molecule has 1 amide bonds. The van der Waals surface area contributed by atoms with Gasteiger partial charge in [-0.25, -0.2) is 4.98 Å². The van der Waals surface area contributed by atoms with Gasteiger partial charge in [-0.15, -0.1) is 0 Å². The van der Waals surface area contributed by atoms with Crippen LogP contribution in [0.3, 0.4) is 0 Å². The maximum absolute atomic E-state index is 12.0. The molecule has 19 heavy (non-hydrogen) atoms. The van der Waals surface area contributed by atoms with Crippen molar-refractivity contribution in [1.29, 1.82) is 5.26 Å². The third-order valence-electron chi connectivity index (χ3n) is 2.27. The summed E-state index contributed by atoms with van der Waals surface area (Å²) in [6.07, 6.45) is 0. The zero-order valence-corrected chi connectivity index (χ0v) is 11.0. The molecule has 0 bridgehead atoms. The van der Waals surface area contributed by atoms with Crippen LogP contribution in [0.4, 0.5) is 5.69 Å². The van der Waals surface area contributed by atoms with Gasteiger partial charge in [-0.05, 0) is 30.3 Å². The van der Waals surface area contributed by atoms with Crippen LogP contribution in [-0.2, 0) is 0 Å². The zero-order valence-electron chi connectivity index (χ0n) is 9.52. The number of carbonyl (C=O) groups is 1. The lowest BCUT2D eigenvalue weighted by Crippen LogP contribution is -2.12. The van der Waals surface area contributed by atoms with Gasteiger partial charge in [0.25, 0.3) is 5.91 Å². The second kappa shape index (κ2) is 5.70. The fraction of sp³-hybridized carbons (Fsp3) is 0. The van der Waals surface area contributed by atoms with Crippen molar-refractivity contribution in [2.75, 3.05) is 5.32 Å². The molecule has 1 aromatic carbocycles. The molecule has 94 valence electrons. The van der Waals surface area contributed by atoms with Crippen LogP contribution >= 0.6 is 23.2 Å². The Labute approximate surface area is 119 Å². The lowest BCUT2D eigenvalue weighted by molar-refractivity contribution is 0.102. The molecule has 1 aromatic heterocycles. The van der Waals surface area contributed by atoms with Crippen LogP contribution in [-0.4, -0.2) is 10.9 Å². The molecule has 4 nitrogen and oxygen atoms in total. The largest absolute Gasteiger partial charge is 0.322 e. The summed E-state index contributed by atoms with van der Waals surface area (Å²) in [6, 6.07) is 11.4. The molecule has 2 aromatic rings. The first-order valence-electron chi connectivity index (χ1n) is 5.23. The lowest BCUT2D eigenvalue weighted by Gasteiger charge is -2.06. The Hall–Kier alpha value is -2.09. The number of nitrogens with zero attached hydrogens (tertiary/aromatic N) is 2. The van der Waals surface area contributed by atoms with Crippen molar-refractivity contribution in [3.05, 3.63) is 57.8 Å². The van der Waals surface area contributed by atoms with Crippen LogP contribution in [0.25, 0.3) is 0 Å². The molecule has 0 aliphatic rings. The summed E-state index contributed by atoms with van der Waals surface area (Å²) in [4.78, 5) is 15.7. The zero-order chi connectivity index (χ0) is 13.8. The van der Waals surface area contributed by atoms with Gasteiger partial charge in [0.2, 0.25) is 0 Å². The molecule has 0 fully saturated rings. The van der Waals surface area contributed by atoms with Crippen molar-refractivity contribution in [2.45, 2.75) is 0 Å².